The van der Waals surface area contributed by atoms with Gasteiger partial charge in [0.15, 0.2) is 6.61 Å². The molecular weight excluding hydrogens is 440 g/mol. The summed E-state index contributed by atoms with van der Waals surface area (Å²) in [5.41, 5.74) is 5.44. The number of amides is 1. The molecule has 184 valence electrons. The van der Waals surface area contributed by atoms with Crippen LogP contribution in [0.5, 0.6) is 0 Å². The van der Waals surface area contributed by atoms with E-state index in [1.807, 2.05) is 20.8 Å². The maximum absolute atomic E-state index is 12.8. The predicted octanol–water partition coefficient (Wildman–Crippen LogP) is 1.27. The van der Waals surface area contributed by atoms with Gasteiger partial charge in [-0.2, -0.15) is 0 Å². The molecule has 3 N–H and O–H groups in total. The van der Waals surface area contributed by atoms with Crippen molar-refractivity contribution in [1.82, 2.24) is 14.5 Å². The minimum Gasteiger partial charge on any atom is -0.456 e. The lowest BCUT2D eigenvalue weighted by Gasteiger charge is -2.21. The highest BCUT2D eigenvalue weighted by Crippen LogP contribution is 2.11. The first-order chi connectivity index (χ1) is 15.8. The third kappa shape index (κ3) is 6.00. The van der Waals surface area contributed by atoms with E-state index >= 15 is 0 Å². The second kappa shape index (κ2) is 11.0. The van der Waals surface area contributed by atoms with E-state index in [-0.39, 0.29) is 24.2 Å². The lowest BCUT2D eigenvalue weighted by atomic mass is 10.0. The molecule has 10 nitrogen and oxygen atoms in total. The Balaban J connectivity index is 2.20. The number of anilines is 1. The number of hydrogen-bond acceptors (Lipinski definition) is 7. The number of nitrogen functional groups attached to an aromatic ring is 1. The number of ether oxygens (including phenoxy) is 1. The first kappa shape index (κ1) is 26.6. The Kier molecular flexibility index (Phi) is 8.56. The van der Waals surface area contributed by atoms with Gasteiger partial charge < -0.3 is 15.8 Å². The first-order valence-electron chi connectivity index (χ1n) is 11.0. The van der Waals surface area contributed by atoms with Crippen molar-refractivity contribution in [2.24, 2.45) is 18.9 Å². The number of carbonyl (C=O) groups excluding carboxylic acids is 3. The number of esters is 1. The predicted molar refractivity (Wildman–Crippen MR) is 128 cm³/mol. The number of nitrogens with two attached hydrogens (primary N) is 1. The molecule has 0 saturated heterocycles. The number of ketones is 1. The van der Waals surface area contributed by atoms with Crippen molar-refractivity contribution < 1.29 is 19.1 Å². The molecule has 0 fully saturated rings. The third-order valence-electron chi connectivity index (χ3n) is 5.28. The number of benzene rings is 1. The van der Waals surface area contributed by atoms with Crippen LogP contribution in [0.2, 0.25) is 0 Å². The van der Waals surface area contributed by atoms with Crippen molar-refractivity contribution in [1.29, 1.82) is 0 Å². The summed E-state index contributed by atoms with van der Waals surface area (Å²) < 4.78 is 7.10. The molecule has 1 heterocycles. The number of Topliss-reactive ketones (excluding diaryl/α,β-unsaturated/α-hetero) is 1. The Morgan fingerprint density at radius 2 is 1.65 bits per heavy atom. The number of aryl methyl sites for hydroxylation is 1. The molecule has 0 aliphatic carbocycles. The van der Waals surface area contributed by atoms with Gasteiger partial charge in [-0.15, -0.1) is 0 Å². The van der Waals surface area contributed by atoms with Gasteiger partial charge in [0, 0.05) is 19.2 Å². The minimum absolute atomic E-state index is 0.0298. The summed E-state index contributed by atoms with van der Waals surface area (Å²) >= 11 is 0. The fourth-order valence-electron chi connectivity index (χ4n) is 3.31. The molecule has 0 aliphatic heterocycles. The lowest BCUT2D eigenvalue weighted by Crippen LogP contribution is -2.46. The van der Waals surface area contributed by atoms with Gasteiger partial charge in [0.1, 0.15) is 17.4 Å². The van der Waals surface area contributed by atoms with Gasteiger partial charge in [0.2, 0.25) is 5.78 Å². The molecule has 2 aromatic rings. The van der Waals surface area contributed by atoms with Crippen LogP contribution in [-0.4, -0.2) is 39.4 Å². The van der Waals surface area contributed by atoms with Crippen molar-refractivity contribution >= 4 is 23.5 Å². The average Bonchev–Trinajstić information content (AvgIpc) is 2.77. The first-order valence-corrected chi connectivity index (χ1v) is 11.0. The maximum Gasteiger partial charge on any atom is 0.332 e. The zero-order valence-corrected chi connectivity index (χ0v) is 20.4. The summed E-state index contributed by atoms with van der Waals surface area (Å²) in [6.07, 6.45) is 0. The van der Waals surface area contributed by atoms with Crippen LogP contribution in [0.4, 0.5) is 5.82 Å². The van der Waals surface area contributed by atoms with Gasteiger partial charge >= 0.3 is 11.7 Å². The number of aromatic nitrogens is 2. The lowest BCUT2D eigenvalue weighted by molar-refractivity contribution is -0.145. The molecule has 1 aromatic carbocycles. The van der Waals surface area contributed by atoms with E-state index < -0.39 is 47.1 Å². The van der Waals surface area contributed by atoms with Crippen LogP contribution in [0.25, 0.3) is 0 Å². The Morgan fingerprint density at radius 3 is 2.18 bits per heavy atom. The summed E-state index contributed by atoms with van der Waals surface area (Å²) in [6, 6.07) is 5.82. The SMILES string of the molecule is Cc1ccc(C(=O)NC(C(=O)OCC(=O)c2c(N)n(CC(C)C)c(=O)n(C)c2=O)C(C)C)cc1. The van der Waals surface area contributed by atoms with Crippen molar-refractivity contribution in [3.05, 3.63) is 61.8 Å². The van der Waals surface area contributed by atoms with Crippen LogP contribution in [0.15, 0.2) is 33.9 Å². The highest BCUT2D eigenvalue weighted by Gasteiger charge is 2.28. The van der Waals surface area contributed by atoms with Crippen molar-refractivity contribution in [3.8, 4) is 0 Å². The molecule has 1 unspecified atom stereocenters. The topological polar surface area (TPSA) is 142 Å². The second-order valence-electron chi connectivity index (χ2n) is 9.00. The van der Waals surface area contributed by atoms with Crippen LogP contribution in [0.3, 0.4) is 0 Å². The molecule has 1 aromatic heterocycles. The normalized spacial score (nSPS) is 12.0. The standard InChI is InChI=1S/C24H32N4O6/c1-13(2)11-28-20(25)18(22(31)27(6)24(28)33)17(29)12-34-23(32)19(14(3)4)26-21(30)16-9-7-15(5)8-10-16/h7-10,13-14,19H,11-12,25H2,1-6H3,(H,26,30). The Hall–Kier alpha value is -3.69. The Bertz CT molecular complexity index is 1190. The van der Waals surface area contributed by atoms with Crippen molar-refractivity contribution in [3.63, 3.8) is 0 Å². The van der Waals surface area contributed by atoms with Gasteiger partial charge in [-0.3, -0.25) is 23.5 Å². The summed E-state index contributed by atoms with van der Waals surface area (Å²) in [4.78, 5) is 63.0. The number of nitrogens with one attached hydrogen (secondary N) is 1. The Morgan fingerprint density at radius 1 is 1.06 bits per heavy atom. The van der Waals surface area contributed by atoms with Crippen molar-refractivity contribution in [2.45, 2.75) is 47.2 Å². The molecule has 0 bridgehead atoms. The third-order valence-corrected chi connectivity index (χ3v) is 5.28. The summed E-state index contributed by atoms with van der Waals surface area (Å²) in [6.45, 7) is 8.49. The molecule has 10 heteroatoms. The van der Waals surface area contributed by atoms with Crippen LogP contribution in [0.1, 0.15) is 54.0 Å². The van der Waals surface area contributed by atoms with Crippen LogP contribution in [0, 0.1) is 18.8 Å². The fraction of sp³-hybridized carbons (Fsp3) is 0.458. The highest BCUT2D eigenvalue weighted by atomic mass is 16.5. The van der Waals surface area contributed by atoms with Gasteiger partial charge in [0.25, 0.3) is 11.5 Å². The molecular formula is C24H32N4O6. The quantitative estimate of drug-likeness (QED) is 0.413. The number of carbonyl (C=O) groups is 3. The molecule has 0 radical (unpaired) electrons. The van der Waals surface area contributed by atoms with Crippen LogP contribution < -0.4 is 22.3 Å². The van der Waals surface area contributed by atoms with E-state index in [0.717, 1.165) is 14.7 Å². The largest absolute Gasteiger partial charge is 0.456 e. The zero-order valence-electron chi connectivity index (χ0n) is 20.4. The molecule has 1 amide bonds. The van der Waals surface area contributed by atoms with E-state index in [1.165, 1.54) is 7.05 Å². The number of nitrogens with zero attached hydrogens (tertiary/aromatic N) is 2. The highest BCUT2D eigenvalue weighted by molar-refractivity contribution is 6.02. The van der Waals surface area contributed by atoms with E-state index in [4.69, 9.17) is 10.5 Å². The summed E-state index contributed by atoms with van der Waals surface area (Å²) in [5, 5.41) is 2.62. The summed E-state index contributed by atoms with van der Waals surface area (Å²) in [5.74, 6) is -2.69. The van der Waals surface area contributed by atoms with Crippen LogP contribution in [-0.2, 0) is 23.1 Å². The number of rotatable bonds is 9. The van der Waals surface area contributed by atoms with Gasteiger partial charge in [-0.05, 0) is 30.9 Å². The van der Waals surface area contributed by atoms with Gasteiger partial charge in [-0.1, -0.05) is 45.4 Å². The molecule has 0 saturated carbocycles. The molecule has 0 spiro atoms. The zero-order chi connectivity index (χ0) is 25.7. The van der Waals surface area contributed by atoms with Gasteiger partial charge in [-0.25, -0.2) is 9.59 Å². The molecule has 1 atom stereocenters. The molecule has 2 rings (SSSR count). The monoisotopic (exact) mass is 472 g/mol. The average molecular weight is 473 g/mol. The molecule has 0 aliphatic rings. The van der Waals surface area contributed by atoms with E-state index in [1.54, 1.807) is 38.1 Å². The van der Waals surface area contributed by atoms with E-state index in [9.17, 15) is 24.0 Å². The van der Waals surface area contributed by atoms with E-state index in [0.29, 0.717) is 5.56 Å². The second-order valence-corrected chi connectivity index (χ2v) is 9.00. The maximum atomic E-state index is 12.8. The number of hydrogen-bond donors (Lipinski definition) is 2. The van der Waals surface area contributed by atoms with Gasteiger partial charge in [0.05, 0.1) is 0 Å². The van der Waals surface area contributed by atoms with Crippen molar-refractivity contribution in [2.75, 3.05) is 12.3 Å². The van der Waals surface area contributed by atoms with Crippen LogP contribution >= 0.6 is 0 Å². The minimum atomic E-state index is -1.02. The smallest absolute Gasteiger partial charge is 0.332 e. The summed E-state index contributed by atoms with van der Waals surface area (Å²) in [7, 11) is 1.25. The molecule has 34 heavy (non-hydrogen) atoms. The Labute approximate surface area is 197 Å². The van der Waals surface area contributed by atoms with E-state index in [2.05, 4.69) is 5.32 Å². The fourth-order valence-corrected chi connectivity index (χ4v) is 3.31.